The Bertz CT molecular complexity index is 412. The maximum absolute atomic E-state index is 11.9. The van der Waals surface area contributed by atoms with Gasteiger partial charge < -0.3 is 10.4 Å². The van der Waals surface area contributed by atoms with Gasteiger partial charge in [-0.1, -0.05) is 20.8 Å². The number of carboxylic acids is 1. The molecule has 0 saturated carbocycles. The number of aryl methyl sites for hydroxylation is 1. The predicted octanol–water partition coefficient (Wildman–Crippen LogP) is 2.15. The normalized spacial score (nSPS) is 12.5. The number of thiophene rings is 1. The van der Waals surface area contributed by atoms with E-state index in [0.29, 0.717) is 4.88 Å². The third-order valence-corrected chi connectivity index (χ3v) is 3.51. The lowest BCUT2D eigenvalue weighted by atomic mass is 10.0. The summed E-state index contributed by atoms with van der Waals surface area (Å²) < 4.78 is 0. The molecule has 0 spiro atoms. The Labute approximate surface area is 105 Å². The Morgan fingerprint density at radius 2 is 2.12 bits per heavy atom. The summed E-state index contributed by atoms with van der Waals surface area (Å²) in [5.74, 6) is -1.43. The summed E-state index contributed by atoms with van der Waals surface area (Å²) in [6.45, 7) is 5.51. The van der Waals surface area contributed by atoms with Gasteiger partial charge in [-0.2, -0.15) is 0 Å². The van der Waals surface area contributed by atoms with E-state index in [1.807, 2.05) is 18.4 Å². The Morgan fingerprint density at radius 1 is 1.47 bits per heavy atom. The molecule has 0 radical (unpaired) electrons. The maximum Gasteiger partial charge on any atom is 0.326 e. The van der Waals surface area contributed by atoms with E-state index in [0.717, 1.165) is 12.0 Å². The van der Waals surface area contributed by atoms with Crippen LogP contribution in [0.4, 0.5) is 0 Å². The van der Waals surface area contributed by atoms with Gasteiger partial charge in [0.1, 0.15) is 6.04 Å². The highest BCUT2D eigenvalue weighted by atomic mass is 32.1. The molecule has 1 heterocycles. The fraction of sp³-hybridized carbons (Fsp3) is 0.500. The third kappa shape index (κ3) is 3.30. The van der Waals surface area contributed by atoms with Gasteiger partial charge in [0.05, 0.1) is 4.88 Å². The van der Waals surface area contributed by atoms with Crippen LogP contribution in [-0.2, 0) is 11.2 Å². The zero-order chi connectivity index (χ0) is 13.0. The average molecular weight is 255 g/mol. The van der Waals surface area contributed by atoms with Crippen LogP contribution in [0, 0.1) is 5.92 Å². The van der Waals surface area contributed by atoms with Crippen LogP contribution in [0.1, 0.15) is 36.0 Å². The average Bonchev–Trinajstić information content (AvgIpc) is 2.72. The lowest BCUT2D eigenvalue weighted by Gasteiger charge is -2.17. The van der Waals surface area contributed by atoms with E-state index in [9.17, 15) is 9.59 Å². The monoisotopic (exact) mass is 255 g/mol. The highest BCUT2D eigenvalue weighted by Gasteiger charge is 2.25. The number of carbonyl (C=O) groups is 2. The molecular formula is C12H17NO3S. The maximum atomic E-state index is 11.9. The fourth-order valence-electron chi connectivity index (χ4n) is 1.53. The van der Waals surface area contributed by atoms with Gasteiger partial charge in [0.2, 0.25) is 0 Å². The quantitative estimate of drug-likeness (QED) is 0.847. The molecule has 17 heavy (non-hydrogen) atoms. The third-order valence-electron chi connectivity index (χ3n) is 2.55. The highest BCUT2D eigenvalue weighted by molar-refractivity contribution is 7.12. The Kier molecular flexibility index (Phi) is 4.69. The first-order chi connectivity index (χ1) is 7.97. The van der Waals surface area contributed by atoms with Gasteiger partial charge in [0.15, 0.2) is 0 Å². The minimum Gasteiger partial charge on any atom is -0.480 e. The summed E-state index contributed by atoms with van der Waals surface area (Å²) >= 11 is 1.34. The van der Waals surface area contributed by atoms with Crippen molar-refractivity contribution in [1.82, 2.24) is 5.32 Å². The summed E-state index contributed by atoms with van der Waals surface area (Å²) in [6.07, 6.45) is 0.770. The zero-order valence-electron chi connectivity index (χ0n) is 10.2. The summed E-state index contributed by atoms with van der Waals surface area (Å²) in [5.41, 5.74) is 0.959. The van der Waals surface area contributed by atoms with Gasteiger partial charge >= 0.3 is 5.97 Å². The molecule has 94 valence electrons. The molecule has 1 rings (SSSR count). The smallest absolute Gasteiger partial charge is 0.326 e. The second-order valence-electron chi connectivity index (χ2n) is 4.16. The van der Waals surface area contributed by atoms with Crippen molar-refractivity contribution in [3.8, 4) is 0 Å². The molecule has 0 aromatic carbocycles. The number of carboxylic acid groups (broad SMARTS) is 1. The Balaban J connectivity index is 2.81. The fourth-order valence-corrected chi connectivity index (χ4v) is 2.43. The van der Waals surface area contributed by atoms with Gasteiger partial charge in [-0.05, 0) is 29.3 Å². The van der Waals surface area contributed by atoms with Crippen molar-refractivity contribution in [3.63, 3.8) is 0 Å². The summed E-state index contributed by atoms with van der Waals surface area (Å²) in [6, 6.07) is 1.05. The number of hydrogen-bond donors (Lipinski definition) is 2. The number of carbonyl (C=O) groups excluding carboxylic acids is 1. The molecule has 1 aromatic heterocycles. The number of aliphatic carboxylic acids is 1. The van der Waals surface area contributed by atoms with Gasteiger partial charge in [-0.3, -0.25) is 4.79 Å². The molecule has 0 aliphatic rings. The van der Waals surface area contributed by atoms with Gasteiger partial charge in [-0.25, -0.2) is 4.79 Å². The number of amides is 1. The van der Waals surface area contributed by atoms with Crippen LogP contribution in [0.15, 0.2) is 11.4 Å². The second-order valence-corrected chi connectivity index (χ2v) is 5.08. The Morgan fingerprint density at radius 3 is 2.59 bits per heavy atom. The van der Waals surface area contributed by atoms with E-state index in [4.69, 9.17) is 5.11 Å². The molecule has 1 atom stereocenters. The molecule has 0 aliphatic carbocycles. The lowest BCUT2D eigenvalue weighted by Crippen LogP contribution is -2.44. The van der Waals surface area contributed by atoms with Crippen molar-refractivity contribution in [2.75, 3.05) is 0 Å². The van der Waals surface area contributed by atoms with Gasteiger partial charge in [0.25, 0.3) is 5.91 Å². The van der Waals surface area contributed by atoms with Crippen molar-refractivity contribution >= 4 is 23.2 Å². The predicted molar refractivity (Wildman–Crippen MR) is 67.4 cm³/mol. The minimum absolute atomic E-state index is 0.138. The SMILES string of the molecule is CCc1ccsc1C(=O)N[C@@H](C(=O)O)C(C)C. The number of nitrogens with one attached hydrogen (secondary N) is 1. The molecule has 1 aromatic rings. The second kappa shape index (κ2) is 5.82. The van der Waals surface area contributed by atoms with E-state index >= 15 is 0 Å². The summed E-state index contributed by atoms with van der Waals surface area (Å²) in [5, 5.41) is 13.4. The largest absolute Gasteiger partial charge is 0.480 e. The number of rotatable bonds is 5. The summed E-state index contributed by atoms with van der Waals surface area (Å²) in [4.78, 5) is 23.5. The molecule has 4 nitrogen and oxygen atoms in total. The minimum atomic E-state index is -0.997. The number of hydrogen-bond acceptors (Lipinski definition) is 3. The van der Waals surface area contributed by atoms with Gasteiger partial charge in [0, 0.05) is 0 Å². The van der Waals surface area contributed by atoms with Crippen LogP contribution in [0.25, 0.3) is 0 Å². The van der Waals surface area contributed by atoms with Crippen LogP contribution >= 0.6 is 11.3 Å². The molecule has 1 amide bonds. The van der Waals surface area contributed by atoms with E-state index in [1.165, 1.54) is 11.3 Å². The topological polar surface area (TPSA) is 66.4 Å². The molecule has 0 saturated heterocycles. The van der Waals surface area contributed by atoms with Crippen molar-refractivity contribution in [3.05, 3.63) is 21.9 Å². The van der Waals surface area contributed by atoms with Crippen molar-refractivity contribution in [2.45, 2.75) is 33.2 Å². The van der Waals surface area contributed by atoms with Crippen LogP contribution in [0.5, 0.6) is 0 Å². The molecule has 0 bridgehead atoms. The first-order valence-electron chi connectivity index (χ1n) is 5.57. The molecule has 0 fully saturated rings. The van der Waals surface area contributed by atoms with Crippen LogP contribution in [0.2, 0.25) is 0 Å². The zero-order valence-corrected chi connectivity index (χ0v) is 11.0. The van der Waals surface area contributed by atoms with Crippen LogP contribution in [0.3, 0.4) is 0 Å². The Hall–Kier alpha value is -1.36. The van der Waals surface area contributed by atoms with Crippen molar-refractivity contribution in [1.29, 1.82) is 0 Å². The van der Waals surface area contributed by atoms with E-state index in [1.54, 1.807) is 13.8 Å². The molecule has 2 N–H and O–H groups in total. The first kappa shape index (κ1) is 13.7. The molecule has 0 unspecified atom stereocenters. The van der Waals surface area contributed by atoms with Crippen molar-refractivity contribution < 1.29 is 14.7 Å². The van der Waals surface area contributed by atoms with Gasteiger partial charge in [-0.15, -0.1) is 11.3 Å². The van der Waals surface area contributed by atoms with E-state index in [-0.39, 0.29) is 11.8 Å². The molecule has 5 heteroatoms. The van der Waals surface area contributed by atoms with E-state index < -0.39 is 12.0 Å². The van der Waals surface area contributed by atoms with Crippen LogP contribution < -0.4 is 5.32 Å². The van der Waals surface area contributed by atoms with Crippen LogP contribution in [-0.4, -0.2) is 23.0 Å². The molecule has 0 aliphatic heterocycles. The highest BCUT2D eigenvalue weighted by Crippen LogP contribution is 2.17. The van der Waals surface area contributed by atoms with Crippen molar-refractivity contribution in [2.24, 2.45) is 5.92 Å². The van der Waals surface area contributed by atoms with E-state index in [2.05, 4.69) is 5.32 Å². The lowest BCUT2D eigenvalue weighted by molar-refractivity contribution is -0.140. The first-order valence-corrected chi connectivity index (χ1v) is 6.45. The summed E-state index contributed by atoms with van der Waals surface area (Å²) in [7, 11) is 0. The molecular weight excluding hydrogens is 238 g/mol. The standard InChI is InChI=1S/C12H17NO3S/c1-4-8-5-6-17-10(8)11(14)13-9(7(2)3)12(15)16/h5-7,9H,4H2,1-3H3,(H,13,14)(H,15,16)/t9-/m1/s1.